The van der Waals surface area contributed by atoms with Gasteiger partial charge < -0.3 is 21.5 Å². The zero-order valence-electron chi connectivity index (χ0n) is 18.0. The average molecular weight is 459 g/mol. The number of benzene rings is 3. The lowest BCUT2D eigenvalue weighted by molar-refractivity contribution is 0.0997. The first-order valence-corrected chi connectivity index (χ1v) is 10.4. The van der Waals surface area contributed by atoms with Crippen molar-refractivity contribution in [3.8, 4) is 5.75 Å². The topological polar surface area (TPSA) is 133 Å². The number of carbonyl (C=O) groups is 2. The summed E-state index contributed by atoms with van der Waals surface area (Å²) in [6.07, 6.45) is 0.373. The first-order valence-electron chi connectivity index (χ1n) is 10.4. The van der Waals surface area contributed by atoms with Crippen LogP contribution in [0.25, 0.3) is 0 Å². The van der Waals surface area contributed by atoms with Crippen LogP contribution in [0, 0.1) is 5.82 Å². The molecule has 6 N–H and O–H groups in total. The molecule has 0 spiro atoms. The van der Waals surface area contributed by atoms with Gasteiger partial charge in [0, 0.05) is 24.2 Å². The summed E-state index contributed by atoms with van der Waals surface area (Å²) < 4.78 is 13.0. The second-order valence-corrected chi connectivity index (χ2v) is 7.64. The number of rotatable bonds is 8. The summed E-state index contributed by atoms with van der Waals surface area (Å²) >= 11 is 0. The molecule has 0 bridgehead atoms. The summed E-state index contributed by atoms with van der Waals surface area (Å²) in [5, 5.41) is 22.3. The molecule has 0 aliphatic rings. The summed E-state index contributed by atoms with van der Waals surface area (Å²) in [4.78, 5) is 24.4. The highest BCUT2D eigenvalue weighted by molar-refractivity contribution is 6.04. The van der Waals surface area contributed by atoms with E-state index in [2.05, 4.69) is 20.8 Å². The number of nitrogens with zero attached hydrogens (tertiary/aromatic N) is 1. The van der Waals surface area contributed by atoms with Gasteiger partial charge >= 0.3 is 0 Å². The van der Waals surface area contributed by atoms with Gasteiger partial charge in [0.15, 0.2) is 5.82 Å². The number of aromatic amines is 1. The first kappa shape index (κ1) is 22.5. The van der Waals surface area contributed by atoms with Crippen LogP contribution >= 0.6 is 0 Å². The maximum atomic E-state index is 13.0. The van der Waals surface area contributed by atoms with Gasteiger partial charge in [0.1, 0.15) is 17.1 Å². The summed E-state index contributed by atoms with van der Waals surface area (Å²) in [5.41, 5.74) is 9.13. The normalized spacial score (nSPS) is 10.6. The number of H-pyrrole nitrogens is 1. The number of phenols is 1. The van der Waals surface area contributed by atoms with Crippen molar-refractivity contribution < 1.29 is 19.1 Å². The molecule has 2 amide bonds. The molecule has 1 aromatic heterocycles. The number of hydrogen-bond acceptors (Lipinski definition) is 5. The summed E-state index contributed by atoms with van der Waals surface area (Å²) in [6, 6.07) is 19.1. The van der Waals surface area contributed by atoms with Crippen LogP contribution in [0.5, 0.6) is 5.75 Å². The monoisotopic (exact) mass is 459 g/mol. The van der Waals surface area contributed by atoms with Gasteiger partial charge in [-0.25, -0.2) is 4.39 Å². The smallest absolute Gasteiger partial charge is 0.255 e. The Kier molecular flexibility index (Phi) is 6.54. The molecule has 9 heteroatoms. The molecule has 0 radical (unpaired) electrons. The van der Waals surface area contributed by atoms with Crippen LogP contribution in [0.3, 0.4) is 0 Å². The molecular formula is C25H22FN5O3. The molecule has 4 rings (SSSR count). The van der Waals surface area contributed by atoms with Crippen molar-refractivity contribution in [3.05, 3.63) is 107 Å². The number of aromatic nitrogens is 2. The number of amides is 2. The molecule has 0 aliphatic heterocycles. The number of carbonyl (C=O) groups excluding carboxylic acids is 2. The van der Waals surface area contributed by atoms with Crippen LogP contribution in [0.4, 0.5) is 15.9 Å². The largest absolute Gasteiger partial charge is 0.508 e. The standard InChI is InChI=1S/C25H22FN5O3/c26-18-7-5-17(6-8-18)25(34)29-19-9-1-15(2-10-19)13-21-22(23(27)33)24(31-30-21)28-14-16-3-11-20(32)12-4-16/h1-12,32H,13-14H2,(H2,27,33)(H,29,34)(H2,28,30,31). The highest BCUT2D eigenvalue weighted by Crippen LogP contribution is 2.21. The minimum atomic E-state index is -0.611. The summed E-state index contributed by atoms with van der Waals surface area (Å²) in [6.45, 7) is 0.396. The maximum Gasteiger partial charge on any atom is 0.255 e. The molecule has 4 aromatic rings. The third-order valence-corrected chi connectivity index (χ3v) is 5.18. The molecular weight excluding hydrogens is 437 g/mol. The van der Waals surface area contributed by atoms with Crippen molar-refractivity contribution in [2.45, 2.75) is 13.0 Å². The van der Waals surface area contributed by atoms with Crippen LogP contribution in [-0.2, 0) is 13.0 Å². The molecule has 34 heavy (non-hydrogen) atoms. The van der Waals surface area contributed by atoms with E-state index < -0.39 is 11.7 Å². The second kappa shape index (κ2) is 9.86. The van der Waals surface area contributed by atoms with Gasteiger partial charge in [-0.2, -0.15) is 5.10 Å². The summed E-state index contributed by atoms with van der Waals surface area (Å²) in [5.74, 6) is -0.848. The molecule has 0 saturated carbocycles. The SMILES string of the molecule is NC(=O)c1c(NCc2ccc(O)cc2)n[nH]c1Cc1ccc(NC(=O)c2ccc(F)cc2)cc1. The number of hydrogen-bond donors (Lipinski definition) is 5. The van der Waals surface area contributed by atoms with Gasteiger partial charge in [-0.1, -0.05) is 24.3 Å². The molecule has 0 unspecified atom stereocenters. The van der Waals surface area contributed by atoms with Crippen LogP contribution in [0.2, 0.25) is 0 Å². The Morgan fingerprint density at radius 3 is 2.24 bits per heavy atom. The Morgan fingerprint density at radius 2 is 1.59 bits per heavy atom. The van der Waals surface area contributed by atoms with Gasteiger partial charge in [0.2, 0.25) is 0 Å². The maximum absolute atomic E-state index is 13.0. The van der Waals surface area contributed by atoms with Gasteiger partial charge in [0.25, 0.3) is 11.8 Å². The molecule has 8 nitrogen and oxygen atoms in total. The fraction of sp³-hybridized carbons (Fsp3) is 0.0800. The van der Waals surface area contributed by atoms with E-state index in [0.717, 1.165) is 11.1 Å². The van der Waals surface area contributed by atoms with E-state index in [9.17, 15) is 19.1 Å². The number of primary amides is 1. The van der Waals surface area contributed by atoms with Crippen molar-refractivity contribution in [2.24, 2.45) is 5.73 Å². The van der Waals surface area contributed by atoms with E-state index in [-0.39, 0.29) is 17.2 Å². The quantitative estimate of drug-likeness (QED) is 0.273. The molecule has 172 valence electrons. The summed E-state index contributed by atoms with van der Waals surface area (Å²) in [7, 11) is 0. The lowest BCUT2D eigenvalue weighted by atomic mass is 10.1. The zero-order chi connectivity index (χ0) is 24.1. The molecule has 1 heterocycles. The Balaban J connectivity index is 1.42. The highest BCUT2D eigenvalue weighted by atomic mass is 19.1. The molecule has 3 aromatic carbocycles. The lowest BCUT2D eigenvalue weighted by Crippen LogP contribution is -2.15. The van der Waals surface area contributed by atoms with Gasteiger partial charge in [-0.15, -0.1) is 0 Å². The predicted octanol–water partition coefficient (Wildman–Crippen LogP) is 3.81. The molecule has 0 atom stereocenters. The first-order chi connectivity index (χ1) is 16.4. The number of anilines is 2. The lowest BCUT2D eigenvalue weighted by Gasteiger charge is -2.08. The van der Waals surface area contributed by atoms with Crippen LogP contribution < -0.4 is 16.4 Å². The highest BCUT2D eigenvalue weighted by Gasteiger charge is 2.18. The fourth-order valence-electron chi connectivity index (χ4n) is 3.41. The predicted molar refractivity (Wildman–Crippen MR) is 126 cm³/mol. The van der Waals surface area contributed by atoms with Crippen LogP contribution in [0.15, 0.2) is 72.8 Å². The Labute approximate surface area is 194 Å². The van der Waals surface area contributed by atoms with E-state index >= 15 is 0 Å². The van der Waals surface area contributed by atoms with Gasteiger partial charge in [-0.05, 0) is 59.7 Å². The molecule has 0 fully saturated rings. The third kappa shape index (κ3) is 5.39. The zero-order valence-corrected chi connectivity index (χ0v) is 18.0. The van der Waals surface area contributed by atoms with Gasteiger partial charge in [0.05, 0.1) is 5.69 Å². The van der Waals surface area contributed by atoms with Crippen LogP contribution in [0.1, 0.15) is 37.5 Å². The van der Waals surface area contributed by atoms with E-state index in [0.29, 0.717) is 35.7 Å². The minimum Gasteiger partial charge on any atom is -0.508 e. The second-order valence-electron chi connectivity index (χ2n) is 7.64. The molecule has 0 saturated heterocycles. The number of phenolic OH excluding ortho intramolecular Hbond substituents is 1. The average Bonchev–Trinajstić information content (AvgIpc) is 3.23. The number of halogens is 1. The Morgan fingerprint density at radius 1 is 0.941 bits per heavy atom. The van der Waals surface area contributed by atoms with Crippen LogP contribution in [-0.4, -0.2) is 27.1 Å². The molecule has 0 aliphatic carbocycles. The van der Waals surface area contributed by atoms with E-state index in [1.807, 2.05) is 12.1 Å². The van der Waals surface area contributed by atoms with Crippen molar-refractivity contribution in [3.63, 3.8) is 0 Å². The van der Waals surface area contributed by atoms with E-state index in [1.54, 1.807) is 36.4 Å². The van der Waals surface area contributed by atoms with Crippen molar-refractivity contribution in [1.29, 1.82) is 0 Å². The van der Waals surface area contributed by atoms with Crippen molar-refractivity contribution in [1.82, 2.24) is 10.2 Å². The fourth-order valence-corrected chi connectivity index (χ4v) is 3.41. The third-order valence-electron chi connectivity index (χ3n) is 5.18. The number of nitrogens with two attached hydrogens (primary N) is 1. The number of aromatic hydroxyl groups is 1. The van der Waals surface area contributed by atoms with E-state index in [4.69, 9.17) is 5.73 Å². The van der Waals surface area contributed by atoms with Crippen molar-refractivity contribution >= 4 is 23.3 Å². The Hall–Kier alpha value is -4.66. The van der Waals surface area contributed by atoms with E-state index in [1.165, 1.54) is 24.3 Å². The van der Waals surface area contributed by atoms with Gasteiger partial charge in [-0.3, -0.25) is 14.7 Å². The number of nitrogens with one attached hydrogen (secondary N) is 3. The van der Waals surface area contributed by atoms with Crippen molar-refractivity contribution in [2.75, 3.05) is 10.6 Å². The Bertz CT molecular complexity index is 1300. The minimum absolute atomic E-state index is 0.171.